The molecule has 0 atom stereocenters. The molecule has 0 nitrogen and oxygen atoms in total. The Labute approximate surface area is 248 Å². The van der Waals surface area contributed by atoms with Gasteiger partial charge in [0, 0.05) is 0 Å². The van der Waals surface area contributed by atoms with Gasteiger partial charge in [0.2, 0.25) is 0 Å². The summed E-state index contributed by atoms with van der Waals surface area (Å²) < 4.78 is 0. The van der Waals surface area contributed by atoms with Crippen LogP contribution in [0.3, 0.4) is 0 Å². The predicted molar refractivity (Wildman–Crippen MR) is 181 cm³/mol. The second-order valence-electron chi connectivity index (χ2n) is 10.9. The lowest BCUT2D eigenvalue weighted by atomic mass is 9.89. The van der Waals surface area contributed by atoms with Crippen LogP contribution in [0.4, 0.5) is 0 Å². The lowest BCUT2D eigenvalue weighted by Crippen LogP contribution is -1.90. The standard InChI is InChI=1S/C42H32/c1-2-30-17-24-41(42(25-30)37-23-20-33-15-9-10-16-36(33)26-37)35-21-18-34(19-22-35)40-28-38(31-11-5-3-6-12-31)27-39(29-40)32-13-7-4-8-14-32/h3-29H,2H2,1H3. The van der Waals surface area contributed by atoms with Gasteiger partial charge in [-0.05, 0) is 103 Å². The molecule has 200 valence electrons. The van der Waals surface area contributed by atoms with E-state index < -0.39 is 0 Å². The molecule has 0 aliphatic rings. The van der Waals surface area contributed by atoms with Crippen molar-refractivity contribution in [1.82, 2.24) is 0 Å². The smallest absolute Gasteiger partial charge is 0.0102 e. The number of hydrogen-bond acceptors (Lipinski definition) is 0. The van der Waals surface area contributed by atoms with Crippen LogP contribution >= 0.6 is 0 Å². The minimum Gasteiger partial charge on any atom is -0.0622 e. The third-order valence-corrected chi connectivity index (χ3v) is 8.23. The first-order chi connectivity index (χ1) is 20.7. The largest absolute Gasteiger partial charge is 0.0622 e. The highest BCUT2D eigenvalue weighted by Crippen LogP contribution is 2.37. The van der Waals surface area contributed by atoms with Crippen LogP contribution in [0.2, 0.25) is 0 Å². The van der Waals surface area contributed by atoms with Gasteiger partial charge in [0.05, 0.1) is 0 Å². The Morgan fingerprint density at radius 3 is 1.40 bits per heavy atom. The van der Waals surface area contributed by atoms with Gasteiger partial charge in [-0.25, -0.2) is 0 Å². The maximum Gasteiger partial charge on any atom is -0.0102 e. The highest BCUT2D eigenvalue weighted by atomic mass is 14.2. The van der Waals surface area contributed by atoms with Crippen molar-refractivity contribution in [2.75, 3.05) is 0 Å². The average molecular weight is 537 g/mol. The summed E-state index contributed by atoms with van der Waals surface area (Å²) in [6, 6.07) is 59.7. The van der Waals surface area contributed by atoms with E-state index in [1.165, 1.54) is 72.0 Å². The van der Waals surface area contributed by atoms with Crippen LogP contribution in [0.5, 0.6) is 0 Å². The monoisotopic (exact) mass is 536 g/mol. The molecule has 0 radical (unpaired) electrons. The molecule has 7 rings (SSSR count). The van der Waals surface area contributed by atoms with Crippen LogP contribution in [0.15, 0.2) is 164 Å². The highest BCUT2D eigenvalue weighted by Gasteiger charge is 2.12. The van der Waals surface area contributed by atoms with Gasteiger partial charge in [0.15, 0.2) is 0 Å². The normalized spacial score (nSPS) is 11.1. The first-order valence-electron chi connectivity index (χ1n) is 14.7. The molecule has 0 aliphatic heterocycles. The molecule has 0 aliphatic carbocycles. The van der Waals surface area contributed by atoms with E-state index in [9.17, 15) is 0 Å². The Hall–Kier alpha value is -5.20. The van der Waals surface area contributed by atoms with E-state index in [1.807, 2.05) is 0 Å². The number of rotatable bonds is 6. The van der Waals surface area contributed by atoms with Gasteiger partial charge in [-0.1, -0.05) is 146 Å². The molecule has 0 aromatic heterocycles. The van der Waals surface area contributed by atoms with Gasteiger partial charge in [-0.2, -0.15) is 0 Å². The molecule has 42 heavy (non-hydrogen) atoms. The first kappa shape index (κ1) is 25.7. The van der Waals surface area contributed by atoms with Crippen LogP contribution in [0, 0.1) is 0 Å². The third kappa shape index (κ3) is 5.16. The average Bonchev–Trinajstić information content (AvgIpc) is 3.08. The maximum absolute atomic E-state index is 2.36. The van der Waals surface area contributed by atoms with Crippen molar-refractivity contribution in [2.24, 2.45) is 0 Å². The second-order valence-corrected chi connectivity index (χ2v) is 10.9. The lowest BCUT2D eigenvalue weighted by Gasteiger charge is -2.15. The van der Waals surface area contributed by atoms with Gasteiger partial charge >= 0.3 is 0 Å². The van der Waals surface area contributed by atoms with Crippen LogP contribution in [-0.2, 0) is 6.42 Å². The minimum absolute atomic E-state index is 1.02. The molecule has 0 unspecified atom stereocenters. The summed E-state index contributed by atoms with van der Waals surface area (Å²) in [6.07, 6.45) is 1.02. The van der Waals surface area contributed by atoms with Crippen molar-refractivity contribution in [2.45, 2.75) is 13.3 Å². The van der Waals surface area contributed by atoms with Crippen LogP contribution in [0.25, 0.3) is 66.4 Å². The number of benzene rings is 7. The van der Waals surface area contributed by atoms with Gasteiger partial charge in [0.25, 0.3) is 0 Å². The second kappa shape index (κ2) is 11.4. The highest BCUT2D eigenvalue weighted by molar-refractivity contribution is 5.92. The zero-order valence-corrected chi connectivity index (χ0v) is 23.8. The Kier molecular flexibility index (Phi) is 6.96. The quantitative estimate of drug-likeness (QED) is 0.198. The lowest BCUT2D eigenvalue weighted by molar-refractivity contribution is 1.14. The Balaban J connectivity index is 1.31. The molecule has 0 bridgehead atoms. The summed E-state index contributed by atoms with van der Waals surface area (Å²) >= 11 is 0. The number of fused-ring (bicyclic) bond motifs is 1. The molecule has 0 saturated carbocycles. The molecule has 0 spiro atoms. The van der Waals surface area contributed by atoms with E-state index in [1.54, 1.807) is 0 Å². The van der Waals surface area contributed by atoms with Crippen molar-refractivity contribution in [3.8, 4) is 55.6 Å². The predicted octanol–water partition coefficient (Wildman–Crippen LogP) is 11.7. The van der Waals surface area contributed by atoms with Crippen molar-refractivity contribution < 1.29 is 0 Å². The van der Waals surface area contributed by atoms with Crippen LogP contribution in [0.1, 0.15) is 12.5 Å². The molecule has 0 saturated heterocycles. The Bertz CT molecular complexity index is 1920. The summed E-state index contributed by atoms with van der Waals surface area (Å²) in [5.41, 5.74) is 13.7. The number of aryl methyl sites for hydroxylation is 1. The maximum atomic E-state index is 2.36. The van der Waals surface area contributed by atoms with E-state index >= 15 is 0 Å². The molecule has 0 fully saturated rings. The van der Waals surface area contributed by atoms with Gasteiger partial charge in [0.1, 0.15) is 0 Å². The van der Waals surface area contributed by atoms with Crippen molar-refractivity contribution >= 4 is 10.8 Å². The van der Waals surface area contributed by atoms with Crippen molar-refractivity contribution in [3.05, 3.63) is 169 Å². The Morgan fingerprint density at radius 2 is 0.810 bits per heavy atom. The summed E-state index contributed by atoms with van der Waals surface area (Å²) in [7, 11) is 0. The van der Waals surface area contributed by atoms with E-state index in [2.05, 4.69) is 171 Å². The molecular formula is C42H32. The van der Waals surface area contributed by atoms with Crippen LogP contribution in [-0.4, -0.2) is 0 Å². The number of hydrogen-bond donors (Lipinski definition) is 0. The van der Waals surface area contributed by atoms with Crippen LogP contribution < -0.4 is 0 Å². The Morgan fingerprint density at radius 1 is 0.310 bits per heavy atom. The van der Waals surface area contributed by atoms with E-state index in [4.69, 9.17) is 0 Å². The molecule has 0 heteroatoms. The van der Waals surface area contributed by atoms with Crippen molar-refractivity contribution in [3.63, 3.8) is 0 Å². The summed E-state index contributed by atoms with van der Waals surface area (Å²) in [4.78, 5) is 0. The van der Waals surface area contributed by atoms with E-state index in [0.717, 1.165) is 6.42 Å². The van der Waals surface area contributed by atoms with E-state index in [-0.39, 0.29) is 0 Å². The zero-order valence-electron chi connectivity index (χ0n) is 23.8. The van der Waals surface area contributed by atoms with Gasteiger partial charge in [-0.3, -0.25) is 0 Å². The first-order valence-corrected chi connectivity index (χ1v) is 14.7. The van der Waals surface area contributed by atoms with Gasteiger partial charge in [-0.15, -0.1) is 0 Å². The SMILES string of the molecule is CCc1ccc(-c2ccc(-c3cc(-c4ccccc4)cc(-c4ccccc4)c3)cc2)c(-c2ccc3ccccc3c2)c1. The molecule has 0 amide bonds. The van der Waals surface area contributed by atoms with Gasteiger partial charge < -0.3 is 0 Å². The summed E-state index contributed by atoms with van der Waals surface area (Å²) in [5, 5.41) is 2.54. The molecular weight excluding hydrogens is 504 g/mol. The third-order valence-electron chi connectivity index (χ3n) is 8.23. The zero-order chi connectivity index (χ0) is 28.3. The molecule has 7 aromatic rings. The fourth-order valence-corrected chi connectivity index (χ4v) is 5.89. The fraction of sp³-hybridized carbons (Fsp3) is 0.0476. The van der Waals surface area contributed by atoms with Crippen molar-refractivity contribution in [1.29, 1.82) is 0 Å². The molecule has 0 N–H and O–H groups in total. The molecule has 7 aromatic carbocycles. The summed E-state index contributed by atoms with van der Waals surface area (Å²) in [6.45, 7) is 2.22. The molecule has 0 heterocycles. The topological polar surface area (TPSA) is 0 Å². The fourth-order valence-electron chi connectivity index (χ4n) is 5.89. The summed E-state index contributed by atoms with van der Waals surface area (Å²) in [5.74, 6) is 0. The minimum atomic E-state index is 1.02. The van der Waals surface area contributed by atoms with E-state index in [0.29, 0.717) is 0 Å².